The molecule has 0 amide bonds. The molecule has 2 aromatic rings. The van der Waals surface area contributed by atoms with Gasteiger partial charge < -0.3 is 4.74 Å². The van der Waals surface area contributed by atoms with Gasteiger partial charge in [-0.15, -0.1) is 0 Å². The molecule has 0 aliphatic carbocycles. The number of ether oxygens (including phenoxy) is 1. The highest BCUT2D eigenvalue weighted by Gasteiger charge is 2.18. The van der Waals surface area contributed by atoms with E-state index < -0.39 is 11.5 Å². The molecule has 0 fully saturated rings. The van der Waals surface area contributed by atoms with E-state index in [0.29, 0.717) is 5.56 Å². The van der Waals surface area contributed by atoms with Crippen molar-refractivity contribution < 1.29 is 18.4 Å². The summed E-state index contributed by atoms with van der Waals surface area (Å²) in [5.41, 5.74) is 0.251. The van der Waals surface area contributed by atoms with Gasteiger partial charge in [-0.1, -0.05) is 12.1 Å². The van der Waals surface area contributed by atoms with Gasteiger partial charge >= 0.3 is 12.3 Å². The number of H-pyrrole nitrogens is 1. The third kappa shape index (κ3) is 2.42. The third-order valence-electron chi connectivity index (χ3n) is 2.16. The Balaban J connectivity index is 2.38. The van der Waals surface area contributed by atoms with Crippen molar-refractivity contribution in [2.75, 3.05) is 0 Å². The van der Waals surface area contributed by atoms with Gasteiger partial charge in [0.05, 0.1) is 4.92 Å². The lowest BCUT2D eigenvalue weighted by Crippen LogP contribution is -2.01. The van der Waals surface area contributed by atoms with Crippen LogP contribution in [0.25, 0.3) is 11.3 Å². The Bertz CT molecular complexity index is 571. The van der Waals surface area contributed by atoms with Gasteiger partial charge in [0.1, 0.15) is 17.6 Å². The Morgan fingerprint density at radius 1 is 1.44 bits per heavy atom. The van der Waals surface area contributed by atoms with Crippen LogP contribution >= 0.6 is 0 Å². The number of alkyl halides is 2. The molecule has 0 atom stereocenters. The lowest BCUT2D eigenvalue weighted by atomic mass is 10.1. The van der Waals surface area contributed by atoms with Crippen LogP contribution in [-0.4, -0.2) is 21.7 Å². The average Bonchev–Trinajstić information content (AvgIpc) is 2.77. The van der Waals surface area contributed by atoms with Crippen LogP contribution < -0.4 is 4.74 Å². The van der Waals surface area contributed by atoms with Crippen molar-refractivity contribution in [3.8, 4) is 17.0 Å². The lowest BCUT2D eigenvalue weighted by molar-refractivity contribution is -0.384. The molecule has 1 heterocycles. The number of aromatic amines is 1. The van der Waals surface area contributed by atoms with Crippen LogP contribution in [0.2, 0.25) is 0 Å². The number of benzene rings is 1. The molecule has 6 nitrogen and oxygen atoms in total. The number of rotatable bonds is 4. The summed E-state index contributed by atoms with van der Waals surface area (Å²) in [7, 11) is 0. The largest absolute Gasteiger partial charge is 0.435 e. The summed E-state index contributed by atoms with van der Waals surface area (Å²) in [6, 6.07) is 5.58. The summed E-state index contributed by atoms with van der Waals surface area (Å²) in [4.78, 5) is 10.1. The third-order valence-corrected chi connectivity index (χ3v) is 2.16. The minimum absolute atomic E-state index is 0.0774. The zero-order valence-corrected chi connectivity index (χ0v) is 8.84. The molecule has 1 aromatic carbocycles. The van der Waals surface area contributed by atoms with Crippen LogP contribution in [-0.2, 0) is 0 Å². The summed E-state index contributed by atoms with van der Waals surface area (Å²) in [5, 5.41) is 16.7. The standard InChI is InChI=1S/C10H7F2N3O3/c11-10(12)18-7-3-1-2-6(4-7)9-8(15(16)17)5-13-14-9/h1-5,10H,(H,13,14). The molecule has 1 aromatic heterocycles. The fraction of sp³-hybridized carbons (Fsp3) is 0.100. The van der Waals surface area contributed by atoms with E-state index in [1.165, 1.54) is 24.3 Å². The average molecular weight is 255 g/mol. The minimum Gasteiger partial charge on any atom is -0.435 e. The molecule has 94 valence electrons. The normalized spacial score (nSPS) is 10.6. The van der Waals surface area contributed by atoms with E-state index in [4.69, 9.17) is 0 Å². The van der Waals surface area contributed by atoms with Gasteiger partial charge in [0, 0.05) is 5.56 Å². The predicted molar refractivity (Wildman–Crippen MR) is 57.3 cm³/mol. The van der Waals surface area contributed by atoms with Gasteiger partial charge in [-0.25, -0.2) is 0 Å². The van der Waals surface area contributed by atoms with Gasteiger partial charge in [0.2, 0.25) is 0 Å². The molecule has 1 N–H and O–H groups in total. The highest BCUT2D eigenvalue weighted by Crippen LogP contribution is 2.29. The van der Waals surface area contributed by atoms with Gasteiger partial charge in [0.25, 0.3) is 0 Å². The van der Waals surface area contributed by atoms with Crippen molar-refractivity contribution in [1.29, 1.82) is 0 Å². The molecule has 0 aliphatic rings. The molecule has 18 heavy (non-hydrogen) atoms. The van der Waals surface area contributed by atoms with Crippen LogP contribution in [0.15, 0.2) is 30.5 Å². The quantitative estimate of drug-likeness (QED) is 0.672. The van der Waals surface area contributed by atoms with Gasteiger partial charge in [-0.05, 0) is 12.1 Å². The summed E-state index contributed by atoms with van der Waals surface area (Å²) in [6.45, 7) is -2.95. The molecule has 0 radical (unpaired) electrons. The molecule has 2 rings (SSSR count). The monoisotopic (exact) mass is 255 g/mol. The first-order chi connectivity index (χ1) is 8.58. The van der Waals surface area contributed by atoms with Crippen LogP contribution in [0.1, 0.15) is 0 Å². The van der Waals surface area contributed by atoms with E-state index in [9.17, 15) is 18.9 Å². The Morgan fingerprint density at radius 2 is 2.22 bits per heavy atom. The van der Waals surface area contributed by atoms with Crippen molar-refractivity contribution in [2.45, 2.75) is 6.61 Å². The number of halogens is 2. The Labute approximate surface area is 99.3 Å². The Hall–Kier alpha value is -2.51. The SMILES string of the molecule is O=[N+]([O-])c1cn[nH]c1-c1cccc(OC(F)F)c1. The van der Waals surface area contributed by atoms with E-state index in [2.05, 4.69) is 14.9 Å². The van der Waals surface area contributed by atoms with Crippen molar-refractivity contribution in [2.24, 2.45) is 0 Å². The number of aromatic nitrogens is 2. The summed E-state index contributed by atoms with van der Waals surface area (Å²) in [6.07, 6.45) is 1.05. The van der Waals surface area contributed by atoms with Crippen molar-refractivity contribution in [3.05, 3.63) is 40.6 Å². The second-order valence-electron chi connectivity index (χ2n) is 3.29. The second-order valence-corrected chi connectivity index (χ2v) is 3.29. The van der Waals surface area contributed by atoms with E-state index in [1.54, 1.807) is 0 Å². The van der Waals surface area contributed by atoms with Gasteiger partial charge in [-0.3, -0.25) is 15.2 Å². The summed E-state index contributed by atoms with van der Waals surface area (Å²) < 4.78 is 28.3. The zero-order valence-electron chi connectivity index (χ0n) is 8.84. The summed E-state index contributed by atoms with van der Waals surface area (Å²) in [5.74, 6) is -0.0774. The molecule has 0 bridgehead atoms. The Kier molecular flexibility index (Phi) is 3.18. The molecule has 0 unspecified atom stereocenters. The van der Waals surface area contributed by atoms with Crippen LogP contribution in [0.4, 0.5) is 14.5 Å². The second kappa shape index (κ2) is 4.78. The lowest BCUT2D eigenvalue weighted by Gasteiger charge is -2.05. The maximum Gasteiger partial charge on any atom is 0.387 e. The van der Waals surface area contributed by atoms with E-state index in [0.717, 1.165) is 6.20 Å². The zero-order chi connectivity index (χ0) is 13.1. The maximum absolute atomic E-state index is 12.1. The van der Waals surface area contributed by atoms with Gasteiger partial charge in [-0.2, -0.15) is 13.9 Å². The fourth-order valence-corrected chi connectivity index (χ4v) is 1.46. The van der Waals surface area contributed by atoms with Crippen molar-refractivity contribution >= 4 is 5.69 Å². The number of nitro groups is 1. The Morgan fingerprint density at radius 3 is 2.89 bits per heavy atom. The predicted octanol–water partition coefficient (Wildman–Crippen LogP) is 2.59. The summed E-state index contributed by atoms with van der Waals surface area (Å²) >= 11 is 0. The topological polar surface area (TPSA) is 81.0 Å². The van der Waals surface area contributed by atoms with Crippen LogP contribution in [0, 0.1) is 10.1 Å². The minimum atomic E-state index is -2.95. The number of nitrogens with zero attached hydrogens (tertiary/aromatic N) is 2. The fourth-order valence-electron chi connectivity index (χ4n) is 1.46. The number of hydrogen-bond donors (Lipinski definition) is 1. The van der Waals surface area contributed by atoms with Crippen molar-refractivity contribution in [3.63, 3.8) is 0 Å². The smallest absolute Gasteiger partial charge is 0.387 e. The first-order valence-electron chi connectivity index (χ1n) is 4.81. The highest BCUT2D eigenvalue weighted by molar-refractivity contribution is 5.69. The first kappa shape index (κ1) is 12.0. The van der Waals surface area contributed by atoms with Gasteiger partial charge in [0.15, 0.2) is 0 Å². The van der Waals surface area contributed by atoms with Crippen LogP contribution in [0.5, 0.6) is 5.75 Å². The van der Waals surface area contributed by atoms with E-state index >= 15 is 0 Å². The molecule has 8 heteroatoms. The number of nitrogens with one attached hydrogen (secondary N) is 1. The molecule has 0 spiro atoms. The molecular formula is C10H7F2N3O3. The molecule has 0 saturated carbocycles. The molecule has 0 saturated heterocycles. The number of hydrogen-bond acceptors (Lipinski definition) is 4. The highest BCUT2D eigenvalue weighted by atomic mass is 19.3. The molecule has 0 aliphatic heterocycles. The van der Waals surface area contributed by atoms with Crippen molar-refractivity contribution in [1.82, 2.24) is 10.2 Å². The van der Waals surface area contributed by atoms with E-state index in [1.807, 2.05) is 0 Å². The molecular weight excluding hydrogens is 248 g/mol. The first-order valence-corrected chi connectivity index (χ1v) is 4.81. The van der Waals surface area contributed by atoms with Crippen LogP contribution in [0.3, 0.4) is 0 Å². The van der Waals surface area contributed by atoms with E-state index in [-0.39, 0.29) is 17.1 Å². The maximum atomic E-state index is 12.1.